The fourth-order valence-corrected chi connectivity index (χ4v) is 1.84. The highest BCUT2D eigenvalue weighted by molar-refractivity contribution is 9.09. The number of piperidine rings is 1. The topological polar surface area (TPSA) is 20.3 Å². The van der Waals surface area contributed by atoms with Gasteiger partial charge in [-0.1, -0.05) is 22.9 Å². The highest BCUT2D eigenvalue weighted by Crippen LogP contribution is 2.16. The first-order valence-corrected chi connectivity index (χ1v) is 5.70. The summed E-state index contributed by atoms with van der Waals surface area (Å²) >= 11 is 3.28. The van der Waals surface area contributed by atoms with Crippen LogP contribution in [0, 0.1) is 5.92 Å². The number of amides is 1. The van der Waals surface area contributed by atoms with E-state index >= 15 is 0 Å². The van der Waals surface area contributed by atoms with E-state index in [1.807, 2.05) is 4.90 Å². The van der Waals surface area contributed by atoms with Crippen molar-refractivity contribution >= 4 is 21.8 Å². The number of likely N-dealkylation sites (tertiary alicyclic amines) is 1. The molecule has 2 nitrogen and oxygen atoms in total. The Morgan fingerprint density at radius 1 is 1.50 bits per heavy atom. The standard InChI is InChI=1S/C9H16BrNO/c1-8-3-6-11(7-4-8)9(12)2-5-10/h8H,2-7H2,1H3. The van der Waals surface area contributed by atoms with Crippen LogP contribution in [0.5, 0.6) is 0 Å². The number of rotatable bonds is 2. The molecular weight excluding hydrogens is 218 g/mol. The average molecular weight is 234 g/mol. The molecule has 0 spiro atoms. The van der Waals surface area contributed by atoms with Gasteiger partial charge >= 0.3 is 0 Å². The summed E-state index contributed by atoms with van der Waals surface area (Å²) < 4.78 is 0. The monoisotopic (exact) mass is 233 g/mol. The lowest BCUT2D eigenvalue weighted by atomic mass is 9.99. The summed E-state index contributed by atoms with van der Waals surface area (Å²) in [6, 6.07) is 0. The molecule has 1 saturated heterocycles. The largest absolute Gasteiger partial charge is 0.343 e. The molecule has 0 aromatic rings. The van der Waals surface area contributed by atoms with E-state index in [2.05, 4.69) is 22.9 Å². The average Bonchev–Trinajstić information content (AvgIpc) is 2.06. The van der Waals surface area contributed by atoms with Gasteiger partial charge in [-0.05, 0) is 18.8 Å². The first-order valence-electron chi connectivity index (χ1n) is 4.57. The van der Waals surface area contributed by atoms with Crippen LogP contribution in [0.1, 0.15) is 26.2 Å². The van der Waals surface area contributed by atoms with E-state index in [0.717, 1.165) is 24.3 Å². The lowest BCUT2D eigenvalue weighted by Gasteiger charge is -2.30. The van der Waals surface area contributed by atoms with E-state index < -0.39 is 0 Å². The molecule has 0 aliphatic carbocycles. The Morgan fingerprint density at radius 3 is 2.58 bits per heavy atom. The molecule has 1 fully saturated rings. The summed E-state index contributed by atoms with van der Waals surface area (Å²) in [5.41, 5.74) is 0. The lowest BCUT2D eigenvalue weighted by molar-refractivity contribution is -0.132. The van der Waals surface area contributed by atoms with Crippen LogP contribution in [-0.2, 0) is 4.79 Å². The second kappa shape index (κ2) is 4.85. The number of carbonyl (C=O) groups excluding carboxylic acids is 1. The molecule has 0 saturated carbocycles. The van der Waals surface area contributed by atoms with Gasteiger partial charge in [-0.3, -0.25) is 4.79 Å². The van der Waals surface area contributed by atoms with Crippen molar-refractivity contribution < 1.29 is 4.79 Å². The maximum absolute atomic E-state index is 11.4. The van der Waals surface area contributed by atoms with Crippen LogP contribution in [-0.4, -0.2) is 29.2 Å². The van der Waals surface area contributed by atoms with Crippen molar-refractivity contribution in [2.45, 2.75) is 26.2 Å². The summed E-state index contributed by atoms with van der Waals surface area (Å²) in [6.07, 6.45) is 3.00. The maximum atomic E-state index is 11.4. The van der Waals surface area contributed by atoms with Gasteiger partial charge in [0.1, 0.15) is 0 Å². The molecule has 1 aliphatic rings. The predicted molar refractivity (Wildman–Crippen MR) is 53.4 cm³/mol. The zero-order valence-electron chi connectivity index (χ0n) is 7.55. The Kier molecular flexibility index (Phi) is 4.06. The molecule has 0 radical (unpaired) electrons. The van der Waals surface area contributed by atoms with Gasteiger partial charge in [0.2, 0.25) is 5.91 Å². The molecule has 0 bridgehead atoms. The second-order valence-corrected chi connectivity index (χ2v) is 4.30. The summed E-state index contributed by atoms with van der Waals surface area (Å²) in [6.45, 7) is 4.19. The lowest BCUT2D eigenvalue weighted by Crippen LogP contribution is -2.37. The van der Waals surface area contributed by atoms with Gasteiger partial charge in [-0.2, -0.15) is 0 Å². The van der Waals surface area contributed by atoms with Crippen molar-refractivity contribution in [3.05, 3.63) is 0 Å². The smallest absolute Gasteiger partial charge is 0.223 e. The molecule has 0 atom stereocenters. The molecule has 0 N–H and O–H groups in total. The SMILES string of the molecule is CC1CCN(C(=O)CCBr)CC1. The molecule has 1 rings (SSSR count). The van der Waals surface area contributed by atoms with E-state index in [1.165, 1.54) is 12.8 Å². The molecule has 3 heteroatoms. The first kappa shape index (κ1) is 10.0. The number of carbonyl (C=O) groups is 1. The van der Waals surface area contributed by atoms with Gasteiger partial charge in [0.15, 0.2) is 0 Å². The third-order valence-corrected chi connectivity index (χ3v) is 2.84. The molecular formula is C9H16BrNO. The van der Waals surface area contributed by atoms with E-state index in [4.69, 9.17) is 0 Å². The fraction of sp³-hybridized carbons (Fsp3) is 0.889. The van der Waals surface area contributed by atoms with Crippen molar-refractivity contribution in [1.29, 1.82) is 0 Å². The van der Waals surface area contributed by atoms with Crippen LogP contribution in [0.3, 0.4) is 0 Å². The van der Waals surface area contributed by atoms with Crippen LogP contribution >= 0.6 is 15.9 Å². The van der Waals surface area contributed by atoms with E-state index in [-0.39, 0.29) is 0 Å². The summed E-state index contributed by atoms with van der Waals surface area (Å²) in [7, 11) is 0. The van der Waals surface area contributed by atoms with Crippen LogP contribution < -0.4 is 0 Å². The van der Waals surface area contributed by atoms with Gasteiger partial charge in [0.05, 0.1) is 0 Å². The highest BCUT2D eigenvalue weighted by atomic mass is 79.9. The highest BCUT2D eigenvalue weighted by Gasteiger charge is 2.19. The van der Waals surface area contributed by atoms with Gasteiger partial charge in [0.25, 0.3) is 0 Å². The van der Waals surface area contributed by atoms with Crippen LogP contribution in [0.15, 0.2) is 0 Å². The van der Waals surface area contributed by atoms with Crippen LogP contribution in [0.2, 0.25) is 0 Å². The summed E-state index contributed by atoms with van der Waals surface area (Å²) in [5, 5.41) is 0.790. The molecule has 1 amide bonds. The Balaban J connectivity index is 2.29. The maximum Gasteiger partial charge on any atom is 0.223 e. The molecule has 70 valence electrons. The van der Waals surface area contributed by atoms with Crippen molar-refractivity contribution in [3.63, 3.8) is 0 Å². The zero-order chi connectivity index (χ0) is 8.97. The predicted octanol–water partition coefficient (Wildman–Crippen LogP) is 2.03. The Hall–Kier alpha value is -0.0500. The van der Waals surface area contributed by atoms with E-state index in [1.54, 1.807) is 0 Å². The molecule has 1 heterocycles. The van der Waals surface area contributed by atoms with Crippen molar-refractivity contribution in [2.24, 2.45) is 5.92 Å². The third kappa shape index (κ3) is 2.77. The molecule has 0 aromatic carbocycles. The fourth-order valence-electron chi connectivity index (χ4n) is 1.50. The summed E-state index contributed by atoms with van der Waals surface area (Å²) in [4.78, 5) is 13.4. The molecule has 0 unspecified atom stereocenters. The van der Waals surface area contributed by atoms with Crippen molar-refractivity contribution in [3.8, 4) is 0 Å². The third-order valence-electron chi connectivity index (χ3n) is 2.44. The van der Waals surface area contributed by atoms with E-state index in [9.17, 15) is 4.79 Å². The Bertz CT molecular complexity index is 153. The van der Waals surface area contributed by atoms with Gasteiger partial charge in [-0.25, -0.2) is 0 Å². The zero-order valence-corrected chi connectivity index (χ0v) is 9.14. The molecule has 0 aromatic heterocycles. The van der Waals surface area contributed by atoms with Crippen LogP contribution in [0.25, 0.3) is 0 Å². The number of nitrogens with zero attached hydrogens (tertiary/aromatic N) is 1. The van der Waals surface area contributed by atoms with Crippen LogP contribution in [0.4, 0.5) is 0 Å². The van der Waals surface area contributed by atoms with Crippen molar-refractivity contribution in [1.82, 2.24) is 4.90 Å². The molecule has 1 aliphatic heterocycles. The van der Waals surface area contributed by atoms with Gasteiger partial charge in [-0.15, -0.1) is 0 Å². The second-order valence-electron chi connectivity index (χ2n) is 3.50. The minimum atomic E-state index is 0.304. The number of alkyl halides is 1. The number of halogens is 1. The van der Waals surface area contributed by atoms with Gasteiger partial charge < -0.3 is 4.90 Å². The van der Waals surface area contributed by atoms with Gasteiger partial charge in [0, 0.05) is 24.8 Å². The quantitative estimate of drug-likeness (QED) is 0.669. The van der Waals surface area contributed by atoms with Crippen molar-refractivity contribution in [2.75, 3.05) is 18.4 Å². The first-order chi connectivity index (χ1) is 5.74. The minimum Gasteiger partial charge on any atom is -0.343 e. The molecule has 12 heavy (non-hydrogen) atoms. The number of hydrogen-bond donors (Lipinski definition) is 0. The summed E-state index contributed by atoms with van der Waals surface area (Å²) in [5.74, 6) is 1.11. The van der Waals surface area contributed by atoms with E-state index in [0.29, 0.717) is 12.3 Å². The Morgan fingerprint density at radius 2 is 2.08 bits per heavy atom. The number of hydrogen-bond acceptors (Lipinski definition) is 1. The minimum absolute atomic E-state index is 0.304. The Labute approximate surface area is 82.4 Å². The normalized spacial score (nSPS) is 19.7.